The van der Waals surface area contributed by atoms with Gasteiger partial charge in [0.1, 0.15) is 0 Å². The van der Waals surface area contributed by atoms with Crippen molar-refractivity contribution < 1.29 is 0 Å². The molecule has 12 rings (SSSR count). The van der Waals surface area contributed by atoms with Crippen molar-refractivity contribution in [1.29, 1.82) is 0 Å². The van der Waals surface area contributed by atoms with Crippen LogP contribution in [0.4, 0.5) is 17.1 Å². The predicted molar refractivity (Wildman–Crippen MR) is 256 cm³/mol. The Kier molecular flexibility index (Phi) is 7.89. The molecule has 12 aromatic rings. The van der Waals surface area contributed by atoms with Crippen LogP contribution in [0, 0.1) is 0 Å². The lowest BCUT2D eigenvalue weighted by atomic mass is 9.96. The van der Waals surface area contributed by atoms with Gasteiger partial charge in [-0.15, -0.1) is 0 Å². The van der Waals surface area contributed by atoms with Crippen molar-refractivity contribution in [3.8, 4) is 27.9 Å². The molecule has 1 heterocycles. The van der Waals surface area contributed by atoms with Gasteiger partial charge in [0.25, 0.3) is 0 Å². The molecule has 280 valence electrons. The minimum atomic E-state index is 1.10. The van der Waals surface area contributed by atoms with E-state index in [1.165, 1.54) is 87.1 Å². The topological polar surface area (TPSA) is 8.17 Å². The van der Waals surface area contributed by atoms with Crippen LogP contribution >= 0.6 is 0 Å². The van der Waals surface area contributed by atoms with Gasteiger partial charge in [-0.05, 0) is 132 Å². The molecule has 0 spiro atoms. The van der Waals surface area contributed by atoms with Crippen LogP contribution in [0.15, 0.2) is 231 Å². The average Bonchev–Trinajstić information content (AvgIpc) is 3.67. The second-order valence-corrected chi connectivity index (χ2v) is 15.7. The standard InChI is InChI=1S/C58H38N2/c1-2-17-47(18-3-1)60-55-23-11-22-54(58(55)57-53-21-9-7-14-42(53)30-35-56(57)60)45-16-10-19-49(37-45)59(50-33-34-52-46(38-50)27-25-41-13-6-8-20-51(41)52)48-31-28-40(29-32-48)44-26-24-39-12-4-5-15-43(39)36-44/h1-38H. The third-order valence-electron chi connectivity index (χ3n) is 12.3. The summed E-state index contributed by atoms with van der Waals surface area (Å²) in [6.45, 7) is 0. The van der Waals surface area contributed by atoms with E-state index in [9.17, 15) is 0 Å². The van der Waals surface area contributed by atoms with Crippen molar-refractivity contribution in [2.45, 2.75) is 0 Å². The molecule has 0 saturated heterocycles. The molecule has 0 amide bonds. The maximum Gasteiger partial charge on any atom is 0.0547 e. The van der Waals surface area contributed by atoms with Gasteiger partial charge >= 0.3 is 0 Å². The van der Waals surface area contributed by atoms with Crippen LogP contribution in [-0.4, -0.2) is 4.57 Å². The van der Waals surface area contributed by atoms with Crippen molar-refractivity contribution in [3.63, 3.8) is 0 Å². The molecule has 2 heteroatoms. The summed E-state index contributed by atoms with van der Waals surface area (Å²) in [6.07, 6.45) is 0. The fraction of sp³-hybridized carbons (Fsp3) is 0. The van der Waals surface area contributed by atoms with Gasteiger partial charge in [-0.2, -0.15) is 0 Å². The predicted octanol–water partition coefficient (Wildman–Crippen LogP) is 16.2. The van der Waals surface area contributed by atoms with Gasteiger partial charge in [-0.1, -0.05) is 164 Å². The lowest BCUT2D eigenvalue weighted by Gasteiger charge is -2.27. The van der Waals surface area contributed by atoms with E-state index >= 15 is 0 Å². The highest BCUT2D eigenvalue weighted by Crippen LogP contribution is 2.44. The Labute approximate surface area is 348 Å². The molecule has 0 unspecified atom stereocenters. The minimum Gasteiger partial charge on any atom is -0.310 e. The van der Waals surface area contributed by atoms with Crippen LogP contribution in [0.25, 0.3) is 92.8 Å². The summed E-state index contributed by atoms with van der Waals surface area (Å²) in [7, 11) is 0. The Hall–Kier alpha value is -7.94. The summed E-state index contributed by atoms with van der Waals surface area (Å²) in [5, 5.41) is 12.5. The maximum atomic E-state index is 2.42. The zero-order valence-electron chi connectivity index (χ0n) is 32.8. The molecule has 0 radical (unpaired) electrons. The van der Waals surface area contributed by atoms with Crippen LogP contribution in [0.2, 0.25) is 0 Å². The van der Waals surface area contributed by atoms with Gasteiger partial charge in [0.05, 0.1) is 11.0 Å². The number of hydrogen-bond acceptors (Lipinski definition) is 1. The van der Waals surface area contributed by atoms with E-state index in [1.807, 2.05) is 0 Å². The monoisotopic (exact) mass is 762 g/mol. The summed E-state index contributed by atoms with van der Waals surface area (Å²) in [5.41, 5.74) is 11.6. The molecule has 0 aliphatic heterocycles. The molecule has 0 atom stereocenters. The van der Waals surface area contributed by atoms with Gasteiger partial charge in [0.15, 0.2) is 0 Å². The van der Waals surface area contributed by atoms with Crippen molar-refractivity contribution in [2.24, 2.45) is 0 Å². The first-order valence-electron chi connectivity index (χ1n) is 20.7. The number of anilines is 3. The van der Waals surface area contributed by atoms with Gasteiger partial charge < -0.3 is 9.47 Å². The third-order valence-corrected chi connectivity index (χ3v) is 12.3. The Morgan fingerprint density at radius 3 is 1.73 bits per heavy atom. The van der Waals surface area contributed by atoms with E-state index in [0.29, 0.717) is 0 Å². The van der Waals surface area contributed by atoms with Crippen LogP contribution in [0.1, 0.15) is 0 Å². The quantitative estimate of drug-likeness (QED) is 0.153. The molecule has 60 heavy (non-hydrogen) atoms. The normalized spacial score (nSPS) is 11.7. The van der Waals surface area contributed by atoms with Crippen molar-refractivity contribution in [2.75, 3.05) is 4.90 Å². The van der Waals surface area contributed by atoms with Gasteiger partial charge in [-0.3, -0.25) is 0 Å². The largest absolute Gasteiger partial charge is 0.310 e. The van der Waals surface area contributed by atoms with E-state index < -0.39 is 0 Å². The first-order chi connectivity index (χ1) is 29.7. The van der Waals surface area contributed by atoms with E-state index in [1.54, 1.807) is 0 Å². The number of rotatable bonds is 6. The summed E-state index contributed by atoms with van der Waals surface area (Å²) < 4.78 is 2.42. The summed E-state index contributed by atoms with van der Waals surface area (Å²) >= 11 is 0. The first-order valence-corrected chi connectivity index (χ1v) is 20.7. The number of hydrogen-bond donors (Lipinski definition) is 0. The minimum absolute atomic E-state index is 1.10. The second-order valence-electron chi connectivity index (χ2n) is 15.7. The molecule has 0 N–H and O–H groups in total. The second kappa shape index (κ2) is 13.9. The van der Waals surface area contributed by atoms with E-state index in [2.05, 4.69) is 240 Å². The van der Waals surface area contributed by atoms with E-state index in [-0.39, 0.29) is 0 Å². The Morgan fingerprint density at radius 1 is 0.283 bits per heavy atom. The Balaban J connectivity index is 1.05. The van der Waals surface area contributed by atoms with Gasteiger partial charge in [-0.25, -0.2) is 0 Å². The van der Waals surface area contributed by atoms with Crippen molar-refractivity contribution >= 4 is 82.0 Å². The van der Waals surface area contributed by atoms with E-state index in [4.69, 9.17) is 0 Å². The van der Waals surface area contributed by atoms with Gasteiger partial charge in [0.2, 0.25) is 0 Å². The van der Waals surface area contributed by atoms with Crippen LogP contribution in [-0.2, 0) is 0 Å². The molecule has 0 aliphatic rings. The summed E-state index contributed by atoms with van der Waals surface area (Å²) in [6, 6.07) is 84.3. The fourth-order valence-corrected chi connectivity index (χ4v) is 9.50. The van der Waals surface area contributed by atoms with Crippen LogP contribution in [0.5, 0.6) is 0 Å². The van der Waals surface area contributed by atoms with Crippen molar-refractivity contribution in [3.05, 3.63) is 231 Å². The molecule has 11 aromatic carbocycles. The summed E-state index contributed by atoms with van der Waals surface area (Å²) in [5.74, 6) is 0. The number of para-hydroxylation sites is 1. The number of fused-ring (bicyclic) bond motifs is 9. The molecular formula is C58H38N2. The highest BCUT2D eigenvalue weighted by atomic mass is 15.1. The molecule has 0 fully saturated rings. The first kappa shape index (κ1) is 34.1. The zero-order valence-corrected chi connectivity index (χ0v) is 32.8. The average molecular weight is 763 g/mol. The fourth-order valence-electron chi connectivity index (χ4n) is 9.50. The maximum absolute atomic E-state index is 2.42. The highest BCUT2D eigenvalue weighted by Gasteiger charge is 2.20. The SMILES string of the molecule is c1ccc(-n2c3cccc(-c4cccc(N(c5ccc(-c6ccc7ccccc7c6)cc5)c5ccc6c(ccc7ccccc76)c5)c4)c3c3c4ccccc4ccc32)cc1. The number of benzene rings is 11. The lowest BCUT2D eigenvalue weighted by Crippen LogP contribution is -2.10. The summed E-state index contributed by atoms with van der Waals surface area (Å²) in [4.78, 5) is 2.41. The van der Waals surface area contributed by atoms with Crippen LogP contribution in [0.3, 0.4) is 0 Å². The van der Waals surface area contributed by atoms with Gasteiger partial charge in [0, 0.05) is 33.5 Å². The molecule has 1 aromatic heterocycles. The lowest BCUT2D eigenvalue weighted by molar-refractivity contribution is 1.18. The molecule has 0 bridgehead atoms. The molecule has 0 saturated carbocycles. The van der Waals surface area contributed by atoms with E-state index in [0.717, 1.165) is 22.7 Å². The Bertz CT molecular complexity index is 3600. The van der Waals surface area contributed by atoms with Crippen LogP contribution < -0.4 is 4.90 Å². The highest BCUT2D eigenvalue weighted by molar-refractivity contribution is 6.25. The molecule has 0 aliphatic carbocycles. The smallest absolute Gasteiger partial charge is 0.0547 e. The third kappa shape index (κ3) is 5.57. The number of nitrogens with zero attached hydrogens (tertiary/aromatic N) is 2. The van der Waals surface area contributed by atoms with Crippen molar-refractivity contribution in [1.82, 2.24) is 4.57 Å². The molecule has 2 nitrogen and oxygen atoms in total. The zero-order chi connectivity index (χ0) is 39.6. The molecular weight excluding hydrogens is 725 g/mol. The Morgan fingerprint density at radius 2 is 0.883 bits per heavy atom. The number of aromatic nitrogens is 1.